The molecule has 0 bridgehead atoms. The van der Waals surface area contributed by atoms with Crippen LogP contribution in [0.4, 0.5) is 4.39 Å². The van der Waals surface area contributed by atoms with Crippen molar-refractivity contribution >= 4 is 17.9 Å². The standard InChI is InChI=1S/C34H37F.C12H14O.2C2H6.H2/c1-5-14-26-23-27(24-33(35)31(26)19-22-34(4)20-11-7-8-12-21-34)30-17-13-18-32(28(30)6-2)29-16-10-9-15-25(29)3;1-4-10(3)11-7-5-9(2)6-8-12(11)13;2*1-2;/h5-10,13-18,23-24H,2,11-12,19-22H2,1,3-4H3;7H,1-2,5-6,8H2,3H3;2*1-2H3;1H/b14-5-;;;;. The van der Waals surface area contributed by atoms with Crippen molar-refractivity contribution in [2.45, 2.75) is 113 Å². The van der Waals surface area contributed by atoms with Crippen LogP contribution in [0.2, 0.25) is 0 Å². The summed E-state index contributed by atoms with van der Waals surface area (Å²) >= 11 is 0. The average molecular weight is 701 g/mol. The van der Waals surface area contributed by atoms with Gasteiger partial charge in [0.1, 0.15) is 5.82 Å². The number of benzene rings is 3. The lowest BCUT2D eigenvalue weighted by Crippen LogP contribution is -2.17. The maximum absolute atomic E-state index is 15.7. The fourth-order valence-corrected chi connectivity index (χ4v) is 6.80. The molecule has 0 amide bonds. The molecule has 0 saturated heterocycles. The summed E-state index contributed by atoms with van der Waals surface area (Å²) in [6.07, 6.45) is 21.1. The minimum Gasteiger partial charge on any atom is -0.294 e. The molecule has 278 valence electrons. The minimum absolute atomic E-state index is 0. The number of hydrogen-bond donors (Lipinski definition) is 0. The first-order valence-corrected chi connectivity index (χ1v) is 19.3. The number of aryl methyl sites for hydroxylation is 1. The van der Waals surface area contributed by atoms with Crippen LogP contribution in [0.25, 0.3) is 34.4 Å². The van der Waals surface area contributed by atoms with E-state index < -0.39 is 0 Å². The van der Waals surface area contributed by atoms with Gasteiger partial charge in [0.2, 0.25) is 0 Å². The van der Waals surface area contributed by atoms with Crippen LogP contribution in [0.3, 0.4) is 0 Å². The maximum Gasteiger partial charge on any atom is 0.163 e. The number of carbonyl (C=O) groups excluding carboxylic acids is 1. The first-order chi connectivity index (χ1) is 25.1. The zero-order valence-electron chi connectivity index (χ0n) is 33.4. The molecule has 0 radical (unpaired) electrons. The number of ketones is 1. The summed E-state index contributed by atoms with van der Waals surface area (Å²) in [4.78, 5) is 11.6. The van der Waals surface area contributed by atoms with Crippen molar-refractivity contribution in [3.63, 3.8) is 0 Å². The van der Waals surface area contributed by atoms with Gasteiger partial charge >= 0.3 is 0 Å². The highest BCUT2D eigenvalue weighted by atomic mass is 19.1. The van der Waals surface area contributed by atoms with Crippen molar-refractivity contribution in [3.05, 3.63) is 149 Å². The van der Waals surface area contributed by atoms with Gasteiger partial charge in [-0.05, 0) is 134 Å². The number of hydrogen-bond acceptors (Lipinski definition) is 1. The second-order valence-electron chi connectivity index (χ2n) is 13.5. The zero-order valence-corrected chi connectivity index (χ0v) is 33.4. The van der Waals surface area contributed by atoms with E-state index in [4.69, 9.17) is 0 Å². The topological polar surface area (TPSA) is 17.1 Å². The van der Waals surface area contributed by atoms with Gasteiger partial charge in [0, 0.05) is 19.0 Å². The molecule has 0 saturated carbocycles. The van der Waals surface area contributed by atoms with E-state index in [0.717, 1.165) is 88.6 Å². The Bertz CT molecular complexity index is 1800. The second kappa shape index (κ2) is 22.4. The predicted octanol–water partition coefficient (Wildman–Crippen LogP) is 15.5. The van der Waals surface area contributed by atoms with Crippen molar-refractivity contribution in [2.24, 2.45) is 5.41 Å². The first kappa shape index (κ1) is 43.6. The van der Waals surface area contributed by atoms with Gasteiger partial charge in [-0.1, -0.05) is 139 Å². The van der Waals surface area contributed by atoms with E-state index in [0.29, 0.717) is 6.42 Å². The molecule has 0 fully saturated rings. The molecule has 2 aliphatic rings. The molecule has 2 heteroatoms. The van der Waals surface area contributed by atoms with Crippen molar-refractivity contribution < 1.29 is 10.6 Å². The lowest BCUT2D eigenvalue weighted by atomic mass is 9.77. The molecule has 0 N–H and O–H groups in total. The summed E-state index contributed by atoms with van der Waals surface area (Å²) in [5.74, 6) is 0.0783. The SMILES string of the molecule is C=C=C(C)C1=CCC(=C)CCC1=O.C=Cc1c(-c2cc(F)c(CCC3(C)CCC=CCC3)c(/C=C\C)c2)cccc1-c1ccccc1C.CC.CC.[HH]. The van der Waals surface area contributed by atoms with Crippen LogP contribution in [0.1, 0.15) is 124 Å². The quantitative estimate of drug-likeness (QED) is 0.169. The van der Waals surface area contributed by atoms with Crippen molar-refractivity contribution in [3.8, 4) is 22.3 Å². The highest BCUT2D eigenvalue weighted by Crippen LogP contribution is 2.39. The second-order valence-corrected chi connectivity index (χ2v) is 13.5. The summed E-state index contributed by atoms with van der Waals surface area (Å²) in [7, 11) is 0. The Balaban J connectivity index is 0.000000656. The number of rotatable bonds is 8. The average Bonchev–Trinajstić information content (AvgIpc) is 3.49. The lowest BCUT2D eigenvalue weighted by molar-refractivity contribution is -0.115. The number of allylic oxidation sites excluding steroid dienone is 7. The highest BCUT2D eigenvalue weighted by Gasteiger charge is 2.25. The van der Waals surface area contributed by atoms with E-state index in [-0.39, 0.29) is 18.4 Å². The van der Waals surface area contributed by atoms with Crippen LogP contribution in [0, 0.1) is 18.2 Å². The van der Waals surface area contributed by atoms with E-state index in [1.807, 2.05) is 59.8 Å². The van der Waals surface area contributed by atoms with E-state index >= 15 is 4.39 Å². The zero-order chi connectivity index (χ0) is 38.7. The van der Waals surface area contributed by atoms with Gasteiger partial charge in [0.05, 0.1) is 0 Å². The Morgan fingerprint density at radius 1 is 0.962 bits per heavy atom. The fraction of sp³-hybridized carbons (Fsp3) is 0.360. The Morgan fingerprint density at radius 3 is 2.21 bits per heavy atom. The Labute approximate surface area is 317 Å². The van der Waals surface area contributed by atoms with Crippen LogP contribution in [-0.2, 0) is 11.2 Å². The monoisotopic (exact) mass is 701 g/mol. The smallest absolute Gasteiger partial charge is 0.163 e. The normalized spacial score (nSPS) is 14.9. The van der Waals surface area contributed by atoms with E-state index in [1.165, 1.54) is 24.0 Å². The number of carbonyl (C=O) groups is 1. The van der Waals surface area contributed by atoms with Gasteiger partial charge in [-0.2, -0.15) is 0 Å². The molecular formula is C50H65FO. The predicted molar refractivity (Wildman–Crippen MR) is 230 cm³/mol. The molecule has 0 heterocycles. The minimum atomic E-state index is -0.109. The van der Waals surface area contributed by atoms with Gasteiger partial charge < -0.3 is 0 Å². The Hall–Kier alpha value is -4.52. The summed E-state index contributed by atoms with van der Waals surface area (Å²) in [5.41, 5.74) is 14.1. The molecule has 0 aliphatic heterocycles. The van der Waals surface area contributed by atoms with E-state index in [2.05, 4.69) is 106 Å². The molecule has 2 aliphatic carbocycles. The molecule has 3 aromatic rings. The molecule has 1 nitrogen and oxygen atoms in total. The molecule has 0 aromatic heterocycles. The van der Waals surface area contributed by atoms with Crippen molar-refractivity contribution in [1.82, 2.24) is 0 Å². The third-order valence-electron chi connectivity index (χ3n) is 9.88. The molecule has 3 aromatic carbocycles. The Morgan fingerprint density at radius 2 is 1.60 bits per heavy atom. The molecule has 0 atom stereocenters. The van der Waals surface area contributed by atoms with E-state index in [9.17, 15) is 4.79 Å². The molecule has 52 heavy (non-hydrogen) atoms. The van der Waals surface area contributed by atoms with Crippen LogP contribution >= 0.6 is 0 Å². The molecular weight excluding hydrogens is 636 g/mol. The number of halogens is 1. The van der Waals surface area contributed by atoms with Gasteiger partial charge in [-0.3, -0.25) is 4.79 Å². The summed E-state index contributed by atoms with van der Waals surface area (Å²) in [6, 6.07) is 18.5. The summed E-state index contributed by atoms with van der Waals surface area (Å²) in [6.45, 7) is 27.9. The van der Waals surface area contributed by atoms with E-state index in [1.54, 1.807) is 6.07 Å². The molecule has 0 unspecified atom stereocenters. The Kier molecular flexibility index (Phi) is 18.8. The van der Waals surface area contributed by atoms with Gasteiger partial charge in [-0.25, -0.2) is 4.39 Å². The van der Waals surface area contributed by atoms with Crippen LogP contribution in [0.5, 0.6) is 0 Å². The summed E-state index contributed by atoms with van der Waals surface area (Å²) in [5, 5.41) is 0. The van der Waals surface area contributed by atoms with Gasteiger partial charge in [-0.15, -0.1) is 5.73 Å². The lowest BCUT2D eigenvalue weighted by Gasteiger charge is -2.28. The van der Waals surface area contributed by atoms with Crippen molar-refractivity contribution in [2.75, 3.05) is 0 Å². The largest absolute Gasteiger partial charge is 0.294 e. The first-order valence-electron chi connectivity index (χ1n) is 19.3. The number of Topliss-reactive ketones (excluding diaryl/α,β-unsaturated/α-hetero) is 1. The molecule has 5 rings (SSSR count). The third-order valence-corrected chi connectivity index (χ3v) is 9.88. The third kappa shape index (κ3) is 12.0. The van der Waals surface area contributed by atoms with Crippen LogP contribution in [0.15, 0.2) is 121 Å². The molecule has 0 spiro atoms. The highest BCUT2D eigenvalue weighted by molar-refractivity contribution is 5.99. The van der Waals surface area contributed by atoms with Gasteiger partial charge in [0.25, 0.3) is 0 Å². The maximum atomic E-state index is 15.7. The van der Waals surface area contributed by atoms with Gasteiger partial charge in [0.15, 0.2) is 5.78 Å². The van der Waals surface area contributed by atoms with Crippen LogP contribution in [-0.4, -0.2) is 5.78 Å². The summed E-state index contributed by atoms with van der Waals surface area (Å²) < 4.78 is 15.7. The fourth-order valence-electron chi connectivity index (χ4n) is 6.80. The van der Waals surface area contributed by atoms with Crippen molar-refractivity contribution in [1.29, 1.82) is 0 Å². The van der Waals surface area contributed by atoms with Crippen LogP contribution < -0.4 is 0 Å².